The summed E-state index contributed by atoms with van der Waals surface area (Å²) in [5.74, 6) is 0.715. The lowest BCUT2D eigenvalue weighted by molar-refractivity contribution is 0.00789. The molecule has 3 unspecified atom stereocenters. The minimum Gasteiger partial charge on any atom is -0.388 e. The van der Waals surface area contributed by atoms with Gasteiger partial charge in [-0.15, -0.1) is 0 Å². The molecule has 1 rings (SSSR count). The summed E-state index contributed by atoms with van der Waals surface area (Å²) in [6, 6.07) is -0.174. The summed E-state index contributed by atoms with van der Waals surface area (Å²) in [7, 11) is 0. The van der Waals surface area contributed by atoms with Crippen molar-refractivity contribution >= 4 is 6.03 Å². The molecule has 0 aliphatic carbocycles. The van der Waals surface area contributed by atoms with E-state index in [0.717, 1.165) is 39.0 Å². The summed E-state index contributed by atoms with van der Waals surface area (Å²) in [6.45, 7) is 12.4. The number of hydrogen-bond acceptors (Lipinski definition) is 3. The minimum atomic E-state index is -0.850. The number of aliphatic hydroxyl groups is 1. The molecule has 1 aliphatic rings. The van der Waals surface area contributed by atoms with E-state index in [1.54, 1.807) is 6.92 Å². The van der Waals surface area contributed by atoms with Gasteiger partial charge in [0.25, 0.3) is 0 Å². The van der Waals surface area contributed by atoms with Crippen LogP contribution in [0.4, 0.5) is 4.79 Å². The lowest BCUT2D eigenvalue weighted by Crippen LogP contribution is -2.48. The maximum absolute atomic E-state index is 11.8. The van der Waals surface area contributed by atoms with Crippen molar-refractivity contribution in [2.24, 2.45) is 11.8 Å². The van der Waals surface area contributed by atoms with Crippen LogP contribution in [0.1, 0.15) is 47.0 Å². The summed E-state index contributed by atoms with van der Waals surface area (Å²) in [5.41, 5.74) is -0.850. The second-order valence-electron chi connectivity index (χ2n) is 6.69. The highest BCUT2D eigenvalue weighted by molar-refractivity contribution is 5.73. The molecule has 0 aromatic heterocycles. The van der Waals surface area contributed by atoms with Crippen LogP contribution in [0.2, 0.25) is 0 Å². The van der Waals surface area contributed by atoms with E-state index >= 15 is 0 Å². The molecule has 5 heteroatoms. The monoisotopic (exact) mass is 299 g/mol. The van der Waals surface area contributed by atoms with Crippen LogP contribution in [-0.4, -0.2) is 54.4 Å². The summed E-state index contributed by atoms with van der Waals surface area (Å²) in [5, 5.41) is 16.0. The fraction of sp³-hybridized carbons (Fsp3) is 0.938. The van der Waals surface area contributed by atoms with Gasteiger partial charge in [0.15, 0.2) is 0 Å². The Kier molecular flexibility index (Phi) is 7.46. The molecule has 5 nitrogen and oxygen atoms in total. The zero-order valence-electron chi connectivity index (χ0n) is 14.1. The third-order valence-corrected chi connectivity index (χ3v) is 4.74. The van der Waals surface area contributed by atoms with Gasteiger partial charge >= 0.3 is 6.03 Å². The van der Waals surface area contributed by atoms with Gasteiger partial charge in [-0.2, -0.15) is 0 Å². The number of carbonyl (C=O) groups excluding carboxylic acids is 1. The van der Waals surface area contributed by atoms with Crippen molar-refractivity contribution in [2.75, 3.05) is 32.7 Å². The lowest BCUT2D eigenvalue weighted by Gasteiger charge is -2.29. The summed E-state index contributed by atoms with van der Waals surface area (Å²) < 4.78 is 0. The first-order valence-electron chi connectivity index (χ1n) is 8.35. The molecule has 0 spiro atoms. The van der Waals surface area contributed by atoms with Crippen molar-refractivity contribution in [3.05, 3.63) is 0 Å². The van der Waals surface area contributed by atoms with Crippen LogP contribution in [0.25, 0.3) is 0 Å². The number of urea groups is 1. The Morgan fingerprint density at radius 2 is 2.14 bits per heavy atom. The number of nitrogens with zero attached hydrogens (tertiary/aromatic N) is 1. The third-order valence-electron chi connectivity index (χ3n) is 4.74. The number of carbonyl (C=O) groups is 1. The SMILES string of the molecule is CCCN1CCC(CNC(=O)NCC(C)(O)C(C)CC)C1. The van der Waals surface area contributed by atoms with E-state index in [2.05, 4.69) is 22.5 Å². The van der Waals surface area contributed by atoms with Crippen LogP contribution in [-0.2, 0) is 0 Å². The molecule has 3 N–H and O–H groups in total. The number of rotatable bonds is 8. The van der Waals surface area contributed by atoms with E-state index < -0.39 is 5.60 Å². The van der Waals surface area contributed by atoms with Gasteiger partial charge in [0, 0.05) is 19.6 Å². The number of hydrogen-bond donors (Lipinski definition) is 3. The highest BCUT2D eigenvalue weighted by Crippen LogP contribution is 2.19. The van der Waals surface area contributed by atoms with Crippen LogP contribution >= 0.6 is 0 Å². The molecular weight excluding hydrogens is 266 g/mol. The van der Waals surface area contributed by atoms with E-state index in [0.29, 0.717) is 12.5 Å². The molecule has 124 valence electrons. The van der Waals surface area contributed by atoms with Crippen molar-refractivity contribution in [3.63, 3.8) is 0 Å². The number of amides is 2. The average molecular weight is 299 g/mol. The standard InChI is InChI=1S/C16H33N3O2/c1-5-8-19-9-7-14(11-19)10-17-15(20)18-12-16(4,21)13(3)6-2/h13-14,21H,5-12H2,1-4H3,(H2,17,18,20). The van der Waals surface area contributed by atoms with E-state index in [1.807, 2.05) is 13.8 Å². The predicted molar refractivity (Wildman–Crippen MR) is 86.3 cm³/mol. The van der Waals surface area contributed by atoms with Crippen molar-refractivity contribution < 1.29 is 9.90 Å². The smallest absolute Gasteiger partial charge is 0.314 e. The predicted octanol–water partition coefficient (Wildman–Crippen LogP) is 1.81. The van der Waals surface area contributed by atoms with Gasteiger partial charge in [-0.05, 0) is 44.7 Å². The normalized spacial score (nSPS) is 23.6. The Balaban J connectivity index is 2.20. The molecule has 0 saturated carbocycles. The molecular formula is C16H33N3O2. The van der Waals surface area contributed by atoms with Crippen LogP contribution in [0, 0.1) is 11.8 Å². The average Bonchev–Trinajstić information content (AvgIpc) is 2.90. The van der Waals surface area contributed by atoms with E-state index in [4.69, 9.17) is 0 Å². The van der Waals surface area contributed by atoms with E-state index in [9.17, 15) is 9.90 Å². The van der Waals surface area contributed by atoms with Crippen LogP contribution in [0.5, 0.6) is 0 Å². The van der Waals surface area contributed by atoms with E-state index in [-0.39, 0.29) is 11.9 Å². The van der Waals surface area contributed by atoms with Gasteiger partial charge in [0.2, 0.25) is 0 Å². The topological polar surface area (TPSA) is 64.6 Å². The van der Waals surface area contributed by atoms with E-state index in [1.165, 1.54) is 6.42 Å². The lowest BCUT2D eigenvalue weighted by atomic mass is 9.89. The molecule has 0 aromatic rings. The molecule has 1 fully saturated rings. The summed E-state index contributed by atoms with van der Waals surface area (Å²) in [4.78, 5) is 14.3. The summed E-state index contributed by atoms with van der Waals surface area (Å²) in [6.07, 6.45) is 3.24. The maximum Gasteiger partial charge on any atom is 0.314 e. The van der Waals surface area contributed by atoms with Gasteiger partial charge in [0.05, 0.1) is 5.60 Å². The van der Waals surface area contributed by atoms with Gasteiger partial charge in [-0.3, -0.25) is 0 Å². The molecule has 1 saturated heterocycles. The molecule has 21 heavy (non-hydrogen) atoms. The Morgan fingerprint density at radius 1 is 1.43 bits per heavy atom. The Morgan fingerprint density at radius 3 is 2.76 bits per heavy atom. The molecule has 0 bridgehead atoms. The molecule has 2 amide bonds. The van der Waals surface area contributed by atoms with Crippen molar-refractivity contribution in [1.82, 2.24) is 15.5 Å². The Labute approximate surface area is 129 Å². The second-order valence-corrected chi connectivity index (χ2v) is 6.69. The van der Waals surface area contributed by atoms with Gasteiger partial charge in [0.1, 0.15) is 0 Å². The van der Waals surface area contributed by atoms with Crippen LogP contribution < -0.4 is 10.6 Å². The first-order valence-corrected chi connectivity index (χ1v) is 8.35. The molecule has 1 aliphatic heterocycles. The summed E-state index contributed by atoms with van der Waals surface area (Å²) >= 11 is 0. The maximum atomic E-state index is 11.8. The zero-order chi connectivity index (χ0) is 15.9. The quantitative estimate of drug-likeness (QED) is 0.640. The number of nitrogens with one attached hydrogen (secondary N) is 2. The third kappa shape index (κ3) is 6.22. The van der Waals surface area contributed by atoms with Crippen molar-refractivity contribution in [2.45, 2.75) is 52.6 Å². The Bertz CT molecular complexity index is 321. The highest BCUT2D eigenvalue weighted by atomic mass is 16.3. The fourth-order valence-corrected chi connectivity index (χ4v) is 2.77. The Hall–Kier alpha value is -0.810. The zero-order valence-corrected chi connectivity index (χ0v) is 14.1. The highest BCUT2D eigenvalue weighted by Gasteiger charge is 2.27. The van der Waals surface area contributed by atoms with Crippen LogP contribution in [0.3, 0.4) is 0 Å². The second kappa shape index (κ2) is 8.59. The van der Waals surface area contributed by atoms with Gasteiger partial charge in [-0.25, -0.2) is 4.79 Å². The first-order chi connectivity index (χ1) is 9.89. The fourth-order valence-electron chi connectivity index (χ4n) is 2.77. The number of likely N-dealkylation sites (tertiary alicyclic amines) is 1. The van der Waals surface area contributed by atoms with Gasteiger partial charge in [-0.1, -0.05) is 27.2 Å². The minimum absolute atomic E-state index is 0.162. The first kappa shape index (κ1) is 18.2. The molecule has 0 radical (unpaired) electrons. The van der Waals surface area contributed by atoms with Crippen molar-refractivity contribution in [3.8, 4) is 0 Å². The van der Waals surface area contributed by atoms with Crippen LogP contribution in [0.15, 0.2) is 0 Å². The van der Waals surface area contributed by atoms with Crippen molar-refractivity contribution in [1.29, 1.82) is 0 Å². The molecule has 1 heterocycles. The molecule has 0 aromatic carbocycles. The van der Waals surface area contributed by atoms with Gasteiger partial charge < -0.3 is 20.6 Å². The molecule has 3 atom stereocenters. The largest absolute Gasteiger partial charge is 0.388 e.